The molecule has 0 aliphatic rings. The van der Waals surface area contributed by atoms with Crippen LogP contribution in [0.2, 0.25) is 0 Å². The normalized spacial score (nSPS) is 12.1. The zero-order valence-electron chi connectivity index (χ0n) is 33.0. The average molecular weight is 693 g/mol. The number of carbonyl (C=O) groups is 2. The summed E-state index contributed by atoms with van der Waals surface area (Å²) in [5, 5.41) is 9.56. The predicted molar refractivity (Wildman–Crippen MR) is 210 cm³/mol. The first-order valence-electron chi connectivity index (χ1n) is 21.7. The third kappa shape index (κ3) is 39.3. The van der Waals surface area contributed by atoms with E-state index in [1.54, 1.807) is 0 Å². The van der Waals surface area contributed by atoms with Crippen molar-refractivity contribution in [1.82, 2.24) is 0 Å². The number of esters is 2. The molecule has 0 aromatic heterocycles. The van der Waals surface area contributed by atoms with E-state index in [2.05, 4.69) is 26.0 Å². The van der Waals surface area contributed by atoms with Gasteiger partial charge in [-0.3, -0.25) is 9.59 Å². The fourth-order valence-electron chi connectivity index (χ4n) is 6.49. The van der Waals surface area contributed by atoms with E-state index in [0.717, 1.165) is 38.5 Å². The molecule has 1 unspecified atom stereocenters. The molecule has 0 saturated carbocycles. The summed E-state index contributed by atoms with van der Waals surface area (Å²) >= 11 is 0. The molecule has 0 amide bonds. The lowest BCUT2D eigenvalue weighted by molar-refractivity contribution is -0.161. The third-order valence-electron chi connectivity index (χ3n) is 9.81. The fraction of sp³-hybridized carbons (Fsp3) is 0.909. The molecule has 0 fully saturated rings. The first-order chi connectivity index (χ1) is 24.1. The summed E-state index contributed by atoms with van der Waals surface area (Å²) in [5.41, 5.74) is 0. The molecule has 0 bridgehead atoms. The lowest BCUT2D eigenvalue weighted by Gasteiger charge is -2.15. The fourth-order valence-corrected chi connectivity index (χ4v) is 6.49. The first kappa shape index (κ1) is 47.6. The highest BCUT2D eigenvalue weighted by Crippen LogP contribution is 2.16. The predicted octanol–water partition coefficient (Wildman–Crippen LogP) is 13.7. The SMILES string of the molecule is CCCCCC/C=C\CCCCCCCC(=O)OC(CO)COC(=O)CCCCCCCCCCCCCCCCCCCCCCCC. The van der Waals surface area contributed by atoms with Crippen LogP contribution in [0.1, 0.15) is 239 Å². The monoisotopic (exact) mass is 693 g/mol. The first-order valence-corrected chi connectivity index (χ1v) is 21.7. The summed E-state index contributed by atoms with van der Waals surface area (Å²) in [6.45, 7) is 4.14. The number of hydrogen-bond donors (Lipinski definition) is 1. The van der Waals surface area contributed by atoms with E-state index in [1.165, 1.54) is 173 Å². The number of rotatable bonds is 40. The largest absolute Gasteiger partial charge is 0.462 e. The van der Waals surface area contributed by atoms with Gasteiger partial charge in [0.2, 0.25) is 0 Å². The van der Waals surface area contributed by atoms with Crippen LogP contribution in [0, 0.1) is 0 Å². The van der Waals surface area contributed by atoms with Gasteiger partial charge < -0.3 is 14.6 Å². The molecule has 0 heterocycles. The van der Waals surface area contributed by atoms with Crippen molar-refractivity contribution < 1.29 is 24.2 Å². The smallest absolute Gasteiger partial charge is 0.306 e. The van der Waals surface area contributed by atoms with Crippen LogP contribution in [0.15, 0.2) is 12.2 Å². The van der Waals surface area contributed by atoms with Gasteiger partial charge in [0.25, 0.3) is 0 Å². The summed E-state index contributed by atoms with van der Waals surface area (Å²) in [6, 6.07) is 0. The minimum Gasteiger partial charge on any atom is -0.462 e. The number of aliphatic hydroxyl groups excluding tert-OH is 1. The van der Waals surface area contributed by atoms with Gasteiger partial charge in [-0.25, -0.2) is 0 Å². The Morgan fingerprint density at radius 1 is 0.449 bits per heavy atom. The Hall–Kier alpha value is -1.36. The van der Waals surface area contributed by atoms with E-state index in [-0.39, 0.29) is 25.2 Å². The molecule has 0 aromatic carbocycles. The van der Waals surface area contributed by atoms with Gasteiger partial charge in [-0.2, -0.15) is 0 Å². The van der Waals surface area contributed by atoms with E-state index in [1.807, 2.05) is 0 Å². The number of carbonyl (C=O) groups excluding carboxylic acids is 2. The second-order valence-electron chi connectivity index (χ2n) is 14.8. The van der Waals surface area contributed by atoms with Gasteiger partial charge in [-0.1, -0.05) is 199 Å². The Labute approximate surface area is 305 Å². The second kappa shape index (κ2) is 41.1. The Kier molecular flexibility index (Phi) is 39.9. The van der Waals surface area contributed by atoms with Crippen LogP contribution in [0.4, 0.5) is 0 Å². The van der Waals surface area contributed by atoms with Gasteiger partial charge in [0.15, 0.2) is 6.10 Å². The number of hydrogen-bond acceptors (Lipinski definition) is 5. The molecule has 5 nitrogen and oxygen atoms in total. The molecule has 5 heteroatoms. The molecular weight excluding hydrogens is 608 g/mol. The maximum atomic E-state index is 12.2. The quantitative estimate of drug-likeness (QED) is 0.0393. The molecule has 1 N–H and O–H groups in total. The van der Waals surface area contributed by atoms with Crippen molar-refractivity contribution in [2.45, 2.75) is 245 Å². The van der Waals surface area contributed by atoms with Crippen LogP contribution in [-0.4, -0.2) is 36.4 Å². The van der Waals surface area contributed by atoms with Crippen molar-refractivity contribution in [3.63, 3.8) is 0 Å². The van der Waals surface area contributed by atoms with Crippen LogP contribution < -0.4 is 0 Å². The Morgan fingerprint density at radius 2 is 0.755 bits per heavy atom. The van der Waals surface area contributed by atoms with E-state index in [0.29, 0.717) is 12.8 Å². The number of aliphatic hydroxyl groups is 1. The Morgan fingerprint density at radius 3 is 1.12 bits per heavy atom. The lowest BCUT2D eigenvalue weighted by atomic mass is 10.0. The summed E-state index contributed by atoms with van der Waals surface area (Å²) < 4.78 is 10.6. The maximum Gasteiger partial charge on any atom is 0.306 e. The summed E-state index contributed by atoms with van der Waals surface area (Å²) in [7, 11) is 0. The Balaban J connectivity index is 3.46. The van der Waals surface area contributed by atoms with Crippen molar-refractivity contribution in [2.24, 2.45) is 0 Å². The molecule has 0 aromatic rings. The minimum atomic E-state index is -0.769. The number of allylic oxidation sites excluding steroid dienone is 2. The topological polar surface area (TPSA) is 72.8 Å². The van der Waals surface area contributed by atoms with E-state index in [4.69, 9.17) is 9.47 Å². The molecule has 1 atom stereocenters. The van der Waals surface area contributed by atoms with Gasteiger partial charge in [0, 0.05) is 12.8 Å². The second-order valence-corrected chi connectivity index (χ2v) is 14.8. The van der Waals surface area contributed by atoms with Crippen molar-refractivity contribution >= 4 is 11.9 Å². The average Bonchev–Trinajstić information content (AvgIpc) is 3.10. The number of ether oxygens (including phenoxy) is 2. The Bertz CT molecular complexity index is 705. The third-order valence-corrected chi connectivity index (χ3v) is 9.81. The van der Waals surface area contributed by atoms with Crippen molar-refractivity contribution in [3.05, 3.63) is 12.2 Å². The molecule has 0 aliphatic heterocycles. The highest BCUT2D eigenvalue weighted by molar-refractivity contribution is 5.70. The standard InChI is InChI=1S/C44H84O5/c1-3-5-7-9-11-13-15-17-18-19-20-21-22-23-24-25-27-28-30-32-34-36-38-43(46)48-41-42(40-45)49-44(47)39-37-35-33-31-29-26-16-14-12-10-8-6-4-2/h14,16,42,45H,3-13,15,17-41H2,1-2H3/b16-14-. The van der Waals surface area contributed by atoms with E-state index < -0.39 is 6.10 Å². The van der Waals surface area contributed by atoms with Gasteiger partial charge in [-0.15, -0.1) is 0 Å². The van der Waals surface area contributed by atoms with E-state index in [9.17, 15) is 14.7 Å². The molecule has 0 rings (SSSR count). The highest BCUT2D eigenvalue weighted by Gasteiger charge is 2.16. The summed E-state index contributed by atoms with van der Waals surface area (Å²) in [6.07, 6.45) is 47.2. The zero-order chi connectivity index (χ0) is 35.7. The van der Waals surface area contributed by atoms with Crippen molar-refractivity contribution in [3.8, 4) is 0 Å². The molecule has 0 saturated heterocycles. The van der Waals surface area contributed by atoms with Gasteiger partial charge in [0.05, 0.1) is 6.61 Å². The zero-order valence-corrected chi connectivity index (χ0v) is 33.0. The van der Waals surface area contributed by atoms with E-state index >= 15 is 0 Å². The van der Waals surface area contributed by atoms with Gasteiger partial charge in [-0.05, 0) is 38.5 Å². The van der Waals surface area contributed by atoms with Crippen LogP contribution in [-0.2, 0) is 19.1 Å². The molecule has 290 valence electrons. The van der Waals surface area contributed by atoms with Crippen LogP contribution in [0.25, 0.3) is 0 Å². The minimum absolute atomic E-state index is 0.0630. The molecule has 0 spiro atoms. The highest BCUT2D eigenvalue weighted by atomic mass is 16.6. The van der Waals surface area contributed by atoms with Crippen LogP contribution in [0.5, 0.6) is 0 Å². The number of unbranched alkanes of at least 4 members (excludes halogenated alkanes) is 30. The van der Waals surface area contributed by atoms with Crippen LogP contribution in [0.3, 0.4) is 0 Å². The van der Waals surface area contributed by atoms with Crippen LogP contribution >= 0.6 is 0 Å². The molecule has 0 radical (unpaired) electrons. The van der Waals surface area contributed by atoms with Gasteiger partial charge in [0.1, 0.15) is 6.61 Å². The molecule has 49 heavy (non-hydrogen) atoms. The lowest BCUT2D eigenvalue weighted by Crippen LogP contribution is -2.28. The van der Waals surface area contributed by atoms with Crippen molar-refractivity contribution in [2.75, 3.05) is 13.2 Å². The van der Waals surface area contributed by atoms with Gasteiger partial charge >= 0.3 is 11.9 Å². The molecular formula is C44H84O5. The summed E-state index contributed by atoms with van der Waals surface area (Å²) in [4.78, 5) is 24.3. The van der Waals surface area contributed by atoms with Crippen molar-refractivity contribution in [1.29, 1.82) is 0 Å². The molecule has 0 aliphatic carbocycles. The maximum absolute atomic E-state index is 12.2. The summed E-state index contributed by atoms with van der Waals surface area (Å²) in [5.74, 6) is -0.588.